The standard InChI is InChI=1S/C16H22N4O/c1-2-11-7-17-14-13(11)15(19-10-18-14)20-8-16(9-20)5-3-12(21)4-6-16/h7,10,12,21H,2-6,8-9H2,1H3,(H,17,18,19). The van der Waals surface area contributed by atoms with Crippen LogP contribution in [0.5, 0.6) is 0 Å². The predicted octanol–water partition coefficient (Wildman–Crippen LogP) is 2.26. The summed E-state index contributed by atoms with van der Waals surface area (Å²) in [7, 11) is 0. The fourth-order valence-corrected chi connectivity index (χ4v) is 3.97. The molecule has 1 aliphatic carbocycles. The van der Waals surface area contributed by atoms with Crippen LogP contribution in [-0.4, -0.2) is 39.3 Å². The summed E-state index contributed by atoms with van der Waals surface area (Å²) in [5.41, 5.74) is 2.65. The number of aromatic amines is 1. The number of aliphatic hydroxyl groups is 1. The lowest BCUT2D eigenvalue weighted by molar-refractivity contribution is 0.0451. The number of nitrogens with one attached hydrogen (secondary N) is 1. The van der Waals surface area contributed by atoms with Crippen molar-refractivity contribution in [3.63, 3.8) is 0 Å². The van der Waals surface area contributed by atoms with Crippen molar-refractivity contribution >= 4 is 16.9 Å². The van der Waals surface area contributed by atoms with E-state index in [2.05, 4.69) is 33.0 Å². The Morgan fingerprint density at radius 3 is 2.81 bits per heavy atom. The Morgan fingerprint density at radius 1 is 1.33 bits per heavy atom. The van der Waals surface area contributed by atoms with Gasteiger partial charge in [0, 0.05) is 24.7 Å². The number of hydrogen-bond acceptors (Lipinski definition) is 4. The molecule has 2 N–H and O–H groups in total. The van der Waals surface area contributed by atoms with Crippen molar-refractivity contribution in [3.8, 4) is 0 Å². The Bertz CT molecular complexity index is 649. The average molecular weight is 286 g/mol. The zero-order chi connectivity index (χ0) is 14.4. The van der Waals surface area contributed by atoms with Gasteiger partial charge in [-0.3, -0.25) is 0 Å². The van der Waals surface area contributed by atoms with Gasteiger partial charge < -0.3 is 15.0 Å². The van der Waals surface area contributed by atoms with Gasteiger partial charge >= 0.3 is 0 Å². The average Bonchev–Trinajstić information content (AvgIpc) is 2.89. The molecule has 4 rings (SSSR count). The fourth-order valence-electron chi connectivity index (χ4n) is 3.97. The molecule has 0 atom stereocenters. The Hall–Kier alpha value is -1.62. The summed E-state index contributed by atoms with van der Waals surface area (Å²) in [6.07, 6.45) is 8.82. The Morgan fingerprint density at radius 2 is 2.10 bits per heavy atom. The smallest absolute Gasteiger partial charge is 0.143 e. The molecule has 2 fully saturated rings. The van der Waals surface area contributed by atoms with Crippen LogP contribution in [0.3, 0.4) is 0 Å². The van der Waals surface area contributed by atoms with Crippen LogP contribution >= 0.6 is 0 Å². The third-order valence-corrected chi connectivity index (χ3v) is 5.28. The van der Waals surface area contributed by atoms with Gasteiger partial charge in [-0.1, -0.05) is 6.92 Å². The number of aromatic nitrogens is 3. The molecule has 2 aromatic heterocycles. The van der Waals surface area contributed by atoms with Crippen LogP contribution in [0.4, 0.5) is 5.82 Å². The van der Waals surface area contributed by atoms with Gasteiger partial charge in [0.1, 0.15) is 17.8 Å². The maximum atomic E-state index is 9.69. The van der Waals surface area contributed by atoms with Gasteiger partial charge in [0.25, 0.3) is 0 Å². The van der Waals surface area contributed by atoms with Gasteiger partial charge in [-0.2, -0.15) is 0 Å². The number of fused-ring (bicyclic) bond motifs is 1. The summed E-state index contributed by atoms with van der Waals surface area (Å²) in [6, 6.07) is 0. The Labute approximate surface area is 124 Å². The third-order valence-electron chi connectivity index (χ3n) is 5.28. The van der Waals surface area contributed by atoms with Crippen LogP contribution in [0, 0.1) is 5.41 Å². The van der Waals surface area contributed by atoms with E-state index in [-0.39, 0.29) is 6.10 Å². The second-order valence-corrected chi connectivity index (χ2v) is 6.68. The van der Waals surface area contributed by atoms with E-state index >= 15 is 0 Å². The molecule has 0 aromatic carbocycles. The summed E-state index contributed by atoms with van der Waals surface area (Å²) in [4.78, 5) is 14.5. The molecule has 2 aliphatic rings. The molecule has 1 saturated carbocycles. The zero-order valence-electron chi connectivity index (χ0n) is 12.5. The van der Waals surface area contributed by atoms with Crippen molar-refractivity contribution < 1.29 is 5.11 Å². The second kappa shape index (κ2) is 4.70. The molecule has 21 heavy (non-hydrogen) atoms. The number of anilines is 1. The Balaban J connectivity index is 1.60. The molecule has 0 bridgehead atoms. The highest BCUT2D eigenvalue weighted by Crippen LogP contribution is 2.46. The maximum absolute atomic E-state index is 9.69. The second-order valence-electron chi connectivity index (χ2n) is 6.68. The molecule has 1 spiro atoms. The number of rotatable bonds is 2. The van der Waals surface area contributed by atoms with Gasteiger partial charge in [-0.05, 0) is 37.7 Å². The number of aliphatic hydroxyl groups excluding tert-OH is 1. The topological polar surface area (TPSA) is 65.0 Å². The van der Waals surface area contributed by atoms with Crippen molar-refractivity contribution in [2.24, 2.45) is 5.41 Å². The van der Waals surface area contributed by atoms with Crippen LogP contribution in [0.2, 0.25) is 0 Å². The molecule has 1 aliphatic heterocycles. The first-order valence-corrected chi connectivity index (χ1v) is 7.95. The monoisotopic (exact) mass is 286 g/mol. The molecule has 5 heteroatoms. The quantitative estimate of drug-likeness (QED) is 0.889. The largest absolute Gasteiger partial charge is 0.393 e. The van der Waals surface area contributed by atoms with Crippen molar-refractivity contribution in [1.29, 1.82) is 0 Å². The van der Waals surface area contributed by atoms with Gasteiger partial charge in [0.15, 0.2) is 0 Å². The molecule has 0 amide bonds. The summed E-state index contributed by atoms with van der Waals surface area (Å²) >= 11 is 0. The van der Waals surface area contributed by atoms with E-state index in [4.69, 9.17) is 0 Å². The third kappa shape index (κ3) is 2.02. The SMILES string of the molecule is CCc1c[nH]c2ncnc(N3CC4(CCC(O)CC4)C3)c12. The highest BCUT2D eigenvalue weighted by atomic mass is 16.3. The van der Waals surface area contributed by atoms with Crippen LogP contribution in [-0.2, 0) is 6.42 Å². The molecule has 0 unspecified atom stereocenters. The minimum atomic E-state index is -0.0770. The van der Waals surface area contributed by atoms with Crippen LogP contribution in [0.25, 0.3) is 11.0 Å². The molecular formula is C16H22N4O. The first kappa shape index (κ1) is 13.1. The number of hydrogen-bond donors (Lipinski definition) is 2. The van der Waals surface area contributed by atoms with Crippen LogP contribution < -0.4 is 4.90 Å². The van der Waals surface area contributed by atoms with Crippen LogP contribution in [0.15, 0.2) is 12.5 Å². The van der Waals surface area contributed by atoms with Crippen LogP contribution in [0.1, 0.15) is 38.2 Å². The van der Waals surface area contributed by atoms with E-state index in [1.165, 1.54) is 10.9 Å². The van der Waals surface area contributed by atoms with E-state index in [1.54, 1.807) is 6.33 Å². The molecule has 3 heterocycles. The normalized spacial score (nSPS) is 21.9. The maximum Gasteiger partial charge on any atom is 0.143 e. The highest BCUT2D eigenvalue weighted by molar-refractivity contribution is 5.91. The summed E-state index contributed by atoms with van der Waals surface area (Å²) < 4.78 is 0. The van der Waals surface area contributed by atoms with E-state index < -0.39 is 0 Å². The first-order valence-electron chi connectivity index (χ1n) is 7.95. The van der Waals surface area contributed by atoms with E-state index in [1.807, 2.05) is 0 Å². The van der Waals surface area contributed by atoms with Crippen molar-refractivity contribution in [1.82, 2.24) is 15.0 Å². The van der Waals surface area contributed by atoms with E-state index in [0.29, 0.717) is 5.41 Å². The minimum Gasteiger partial charge on any atom is -0.393 e. The zero-order valence-corrected chi connectivity index (χ0v) is 12.5. The number of H-pyrrole nitrogens is 1. The molecule has 0 radical (unpaired) electrons. The van der Waals surface area contributed by atoms with Gasteiger partial charge in [0.2, 0.25) is 0 Å². The van der Waals surface area contributed by atoms with E-state index in [0.717, 1.165) is 56.7 Å². The highest BCUT2D eigenvalue weighted by Gasteiger charge is 2.45. The van der Waals surface area contributed by atoms with E-state index in [9.17, 15) is 5.11 Å². The fraction of sp³-hybridized carbons (Fsp3) is 0.625. The molecule has 2 aromatic rings. The Kier molecular flexibility index (Phi) is 2.92. The summed E-state index contributed by atoms with van der Waals surface area (Å²) in [5.74, 6) is 1.08. The lowest BCUT2D eigenvalue weighted by Gasteiger charge is -2.53. The van der Waals surface area contributed by atoms with Gasteiger partial charge in [-0.15, -0.1) is 0 Å². The molecule has 1 saturated heterocycles. The minimum absolute atomic E-state index is 0.0770. The number of nitrogens with zero attached hydrogens (tertiary/aromatic N) is 3. The molecule has 112 valence electrons. The van der Waals surface area contributed by atoms with Crippen molar-refractivity contribution in [2.45, 2.75) is 45.1 Å². The lowest BCUT2D eigenvalue weighted by Crippen LogP contribution is -2.58. The summed E-state index contributed by atoms with van der Waals surface area (Å²) in [6.45, 7) is 4.31. The van der Waals surface area contributed by atoms with Crippen molar-refractivity contribution in [3.05, 3.63) is 18.1 Å². The summed E-state index contributed by atoms with van der Waals surface area (Å²) in [5, 5.41) is 10.9. The van der Waals surface area contributed by atoms with Gasteiger partial charge in [-0.25, -0.2) is 9.97 Å². The predicted molar refractivity (Wildman–Crippen MR) is 82.4 cm³/mol. The van der Waals surface area contributed by atoms with Gasteiger partial charge in [0.05, 0.1) is 11.5 Å². The number of aryl methyl sites for hydroxylation is 1. The molecular weight excluding hydrogens is 264 g/mol. The first-order chi connectivity index (χ1) is 10.2. The molecule has 5 nitrogen and oxygen atoms in total. The van der Waals surface area contributed by atoms with Crippen molar-refractivity contribution in [2.75, 3.05) is 18.0 Å². The lowest BCUT2D eigenvalue weighted by atomic mass is 9.68.